The number of pyridine rings is 1. The minimum Gasteiger partial charge on any atom is -0.461 e. The second-order valence-electron chi connectivity index (χ2n) is 3.27. The zero-order chi connectivity index (χ0) is 12.5. The standard InChI is InChI=1S/C11H6BrF2NO2/c12-8-4-7(5-15-6-8)11(13,14)10(16)9-2-1-3-17-9/h1-6H. The van der Waals surface area contributed by atoms with Crippen LogP contribution in [0.4, 0.5) is 8.78 Å². The van der Waals surface area contributed by atoms with Crippen molar-refractivity contribution in [2.24, 2.45) is 0 Å². The Morgan fingerprint density at radius 1 is 1.41 bits per heavy atom. The van der Waals surface area contributed by atoms with Gasteiger partial charge >= 0.3 is 5.92 Å². The maximum Gasteiger partial charge on any atom is 0.339 e. The molecule has 0 atom stereocenters. The van der Waals surface area contributed by atoms with E-state index in [1.54, 1.807) is 0 Å². The van der Waals surface area contributed by atoms with Gasteiger partial charge in [0.2, 0.25) is 0 Å². The minimum absolute atomic E-state index is 0.377. The smallest absolute Gasteiger partial charge is 0.339 e. The number of hydrogen-bond acceptors (Lipinski definition) is 3. The number of carbonyl (C=O) groups is 1. The maximum atomic E-state index is 13.8. The van der Waals surface area contributed by atoms with Gasteiger partial charge in [0.15, 0.2) is 5.76 Å². The molecule has 0 saturated carbocycles. The average Bonchev–Trinajstić information content (AvgIpc) is 2.81. The van der Waals surface area contributed by atoms with Gasteiger partial charge in [-0.1, -0.05) is 0 Å². The van der Waals surface area contributed by atoms with Crippen LogP contribution >= 0.6 is 15.9 Å². The van der Waals surface area contributed by atoms with Crippen molar-refractivity contribution >= 4 is 21.7 Å². The van der Waals surface area contributed by atoms with Crippen molar-refractivity contribution in [2.45, 2.75) is 5.92 Å². The fourth-order valence-electron chi connectivity index (χ4n) is 1.28. The van der Waals surface area contributed by atoms with Crippen LogP contribution in [0, 0.1) is 0 Å². The second kappa shape index (κ2) is 4.37. The number of alkyl halides is 2. The predicted molar refractivity (Wildman–Crippen MR) is 58.9 cm³/mol. The van der Waals surface area contributed by atoms with Gasteiger partial charge in [0.1, 0.15) is 0 Å². The first-order chi connectivity index (χ1) is 8.01. The van der Waals surface area contributed by atoms with Gasteiger partial charge in [0, 0.05) is 22.4 Å². The van der Waals surface area contributed by atoms with Crippen molar-refractivity contribution in [1.29, 1.82) is 0 Å². The molecule has 0 aliphatic heterocycles. The van der Waals surface area contributed by atoms with E-state index in [0.29, 0.717) is 4.47 Å². The Bertz CT molecular complexity index is 540. The third-order valence-electron chi connectivity index (χ3n) is 2.10. The van der Waals surface area contributed by atoms with Crippen molar-refractivity contribution in [1.82, 2.24) is 4.98 Å². The summed E-state index contributed by atoms with van der Waals surface area (Å²) in [6.45, 7) is 0. The summed E-state index contributed by atoms with van der Waals surface area (Å²) >= 11 is 3.02. The first-order valence-corrected chi connectivity index (χ1v) is 5.38. The van der Waals surface area contributed by atoms with E-state index >= 15 is 0 Å². The number of Topliss-reactive ketones (excluding diaryl/α,β-unsaturated/α-hetero) is 1. The SMILES string of the molecule is O=C(c1ccco1)C(F)(F)c1cncc(Br)c1. The van der Waals surface area contributed by atoms with Crippen molar-refractivity contribution in [3.63, 3.8) is 0 Å². The van der Waals surface area contributed by atoms with Gasteiger partial charge in [0.05, 0.1) is 6.26 Å². The molecule has 0 radical (unpaired) electrons. The molecular formula is C11H6BrF2NO2. The molecule has 2 heterocycles. The molecule has 2 rings (SSSR count). The van der Waals surface area contributed by atoms with E-state index in [-0.39, 0.29) is 5.76 Å². The second-order valence-corrected chi connectivity index (χ2v) is 4.19. The lowest BCUT2D eigenvalue weighted by Crippen LogP contribution is -2.25. The summed E-state index contributed by atoms with van der Waals surface area (Å²) in [7, 11) is 0. The van der Waals surface area contributed by atoms with Crippen LogP contribution < -0.4 is 0 Å². The Labute approximate surface area is 104 Å². The summed E-state index contributed by atoms with van der Waals surface area (Å²) in [4.78, 5) is 15.2. The molecule has 0 aromatic carbocycles. The fourth-order valence-corrected chi connectivity index (χ4v) is 1.64. The highest BCUT2D eigenvalue weighted by atomic mass is 79.9. The Hall–Kier alpha value is -1.56. The molecule has 0 amide bonds. The number of ketones is 1. The molecule has 0 unspecified atom stereocenters. The first kappa shape index (κ1) is 11.9. The zero-order valence-electron chi connectivity index (χ0n) is 8.36. The number of nitrogens with zero attached hydrogens (tertiary/aromatic N) is 1. The molecule has 17 heavy (non-hydrogen) atoms. The monoisotopic (exact) mass is 301 g/mol. The maximum absolute atomic E-state index is 13.8. The quantitative estimate of drug-likeness (QED) is 0.816. The highest BCUT2D eigenvalue weighted by Crippen LogP contribution is 2.32. The van der Waals surface area contributed by atoms with Gasteiger partial charge in [-0.3, -0.25) is 9.78 Å². The van der Waals surface area contributed by atoms with Crippen LogP contribution in [0.2, 0.25) is 0 Å². The molecule has 0 bridgehead atoms. The van der Waals surface area contributed by atoms with Crippen LogP contribution in [0.3, 0.4) is 0 Å². The molecule has 0 aliphatic rings. The Morgan fingerprint density at radius 3 is 2.76 bits per heavy atom. The van der Waals surface area contributed by atoms with Crippen LogP contribution in [-0.2, 0) is 5.92 Å². The lowest BCUT2D eigenvalue weighted by Gasteiger charge is -2.13. The van der Waals surface area contributed by atoms with Crippen molar-refractivity contribution in [2.75, 3.05) is 0 Å². The van der Waals surface area contributed by atoms with Crippen LogP contribution in [0.5, 0.6) is 0 Å². The minimum atomic E-state index is -3.66. The van der Waals surface area contributed by atoms with E-state index in [2.05, 4.69) is 25.3 Å². The van der Waals surface area contributed by atoms with Crippen LogP contribution in [0.25, 0.3) is 0 Å². The summed E-state index contributed by atoms with van der Waals surface area (Å²) in [5, 5.41) is 0. The molecule has 88 valence electrons. The van der Waals surface area contributed by atoms with Crippen molar-refractivity contribution in [3.05, 3.63) is 52.7 Å². The summed E-state index contributed by atoms with van der Waals surface area (Å²) < 4.78 is 32.7. The number of hydrogen-bond donors (Lipinski definition) is 0. The van der Waals surface area contributed by atoms with E-state index in [9.17, 15) is 13.6 Å². The molecule has 2 aromatic rings. The van der Waals surface area contributed by atoms with Crippen molar-refractivity contribution < 1.29 is 18.0 Å². The van der Waals surface area contributed by atoms with Gasteiger partial charge in [-0.25, -0.2) is 0 Å². The van der Waals surface area contributed by atoms with E-state index < -0.39 is 17.3 Å². The lowest BCUT2D eigenvalue weighted by molar-refractivity contribution is 0.00466. The zero-order valence-corrected chi connectivity index (χ0v) is 9.95. The lowest BCUT2D eigenvalue weighted by atomic mass is 10.1. The van der Waals surface area contributed by atoms with E-state index in [1.165, 1.54) is 24.6 Å². The highest BCUT2D eigenvalue weighted by molar-refractivity contribution is 9.10. The van der Waals surface area contributed by atoms with E-state index in [0.717, 1.165) is 12.3 Å². The molecule has 0 spiro atoms. The molecule has 2 aromatic heterocycles. The molecule has 3 nitrogen and oxygen atoms in total. The summed E-state index contributed by atoms with van der Waals surface area (Å²) in [5.41, 5.74) is -0.478. The summed E-state index contributed by atoms with van der Waals surface area (Å²) in [5.74, 6) is -5.42. The Kier molecular flexibility index (Phi) is 3.06. The van der Waals surface area contributed by atoms with E-state index in [4.69, 9.17) is 0 Å². The molecule has 0 N–H and O–H groups in total. The number of aromatic nitrogens is 1. The third-order valence-corrected chi connectivity index (χ3v) is 2.53. The number of rotatable bonds is 3. The Morgan fingerprint density at radius 2 is 2.18 bits per heavy atom. The fraction of sp³-hybridized carbons (Fsp3) is 0.0909. The average molecular weight is 302 g/mol. The Balaban J connectivity index is 2.39. The van der Waals surface area contributed by atoms with Crippen LogP contribution in [0.15, 0.2) is 45.7 Å². The third kappa shape index (κ3) is 2.26. The summed E-state index contributed by atoms with van der Waals surface area (Å²) in [6.07, 6.45) is 3.48. The van der Waals surface area contributed by atoms with Gasteiger partial charge in [-0.2, -0.15) is 8.78 Å². The normalized spacial score (nSPS) is 11.5. The van der Waals surface area contributed by atoms with Crippen LogP contribution in [-0.4, -0.2) is 10.8 Å². The van der Waals surface area contributed by atoms with E-state index in [1.807, 2.05) is 0 Å². The van der Waals surface area contributed by atoms with Gasteiger partial charge in [-0.05, 0) is 34.1 Å². The first-order valence-electron chi connectivity index (χ1n) is 4.59. The molecule has 6 heteroatoms. The van der Waals surface area contributed by atoms with Crippen LogP contribution in [0.1, 0.15) is 16.1 Å². The number of carbonyl (C=O) groups excluding carboxylic acids is 1. The molecule has 0 aliphatic carbocycles. The largest absolute Gasteiger partial charge is 0.461 e. The summed E-state index contributed by atoms with van der Waals surface area (Å²) in [6, 6.07) is 3.72. The van der Waals surface area contributed by atoms with Crippen molar-refractivity contribution in [3.8, 4) is 0 Å². The van der Waals surface area contributed by atoms with Gasteiger partial charge in [0.25, 0.3) is 5.78 Å². The molecular weight excluding hydrogens is 296 g/mol. The van der Waals surface area contributed by atoms with Gasteiger partial charge < -0.3 is 4.42 Å². The molecule has 0 saturated heterocycles. The predicted octanol–water partition coefficient (Wildman–Crippen LogP) is 3.41. The highest BCUT2D eigenvalue weighted by Gasteiger charge is 2.43. The van der Waals surface area contributed by atoms with Gasteiger partial charge in [-0.15, -0.1) is 0 Å². The molecule has 0 fully saturated rings. The number of furan rings is 1. The topological polar surface area (TPSA) is 43.1 Å². The number of halogens is 3.